The average Bonchev–Trinajstić information content (AvgIpc) is 2.49. The molecule has 1 fully saturated rings. The third kappa shape index (κ3) is 2.93. The van der Waals surface area contributed by atoms with Crippen LogP contribution in [0.5, 0.6) is 0 Å². The minimum Gasteiger partial charge on any atom is -0.316 e. The molecule has 1 saturated heterocycles. The van der Waals surface area contributed by atoms with Crippen LogP contribution < -0.4 is 5.32 Å². The number of rotatable bonds is 2. The second-order valence-electron chi connectivity index (χ2n) is 5.28. The first-order valence-electron chi connectivity index (χ1n) is 6.96. The van der Waals surface area contributed by atoms with E-state index in [2.05, 4.69) is 57.6 Å². The van der Waals surface area contributed by atoms with Gasteiger partial charge in [0.05, 0.1) is 0 Å². The van der Waals surface area contributed by atoms with Crippen molar-refractivity contribution in [1.82, 2.24) is 5.32 Å². The Hall–Kier alpha value is -0.830. The maximum absolute atomic E-state index is 6.40. The highest BCUT2D eigenvalue weighted by Crippen LogP contribution is 2.40. The fraction of sp³-hybridized carbons (Fsp3) is 0.294. The standard InChI is InChI=1S/C17H17BrClN/c18-13-7-5-12(6-8-13)14-9-10-20-11-16(14)15-3-1-2-4-17(15)19/h1-8,14,16,20H,9-11H2. The molecule has 2 unspecified atom stereocenters. The second kappa shape index (κ2) is 6.30. The lowest BCUT2D eigenvalue weighted by atomic mass is 9.77. The lowest BCUT2D eigenvalue weighted by Crippen LogP contribution is -2.34. The van der Waals surface area contributed by atoms with Crippen LogP contribution in [0.4, 0.5) is 0 Å². The maximum atomic E-state index is 6.40. The Balaban J connectivity index is 1.95. The Bertz CT molecular complexity index is 582. The summed E-state index contributed by atoms with van der Waals surface area (Å²) in [6.45, 7) is 2.06. The Morgan fingerprint density at radius 3 is 2.50 bits per heavy atom. The first kappa shape index (κ1) is 14.1. The Morgan fingerprint density at radius 1 is 1.00 bits per heavy atom. The number of halogens is 2. The summed E-state index contributed by atoms with van der Waals surface area (Å²) in [5, 5.41) is 4.38. The van der Waals surface area contributed by atoms with E-state index in [1.165, 1.54) is 11.1 Å². The third-order valence-corrected chi connectivity index (χ3v) is 4.96. The van der Waals surface area contributed by atoms with Crippen molar-refractivity contribution in [3.8, 4) is 0 Å². The summed E-state index contributed by atoms with van der Waals surface area (Å²) in [5.74, 6) is 0.975. The molecular formula is C17H17BrClN. The summed E-state index contributed by atoms with van der Waals surface area (Å²) >= 11 is 9.91. The molecule has 104 valence electrons. The molecule has 3 rings (SSSR count). The van der Waals surface area contributed by atoms with Crippen LogP contribution in [0.2, 0.25) is 5.02 Å². The Kier molecular flexibility index (Phi) is 4.45. The van der Waals surface area contributed by atoms with E-state index >= 15 is 0 Å². The fourth-order valence-corrected chi connectivity index (χ4v) is 3.61. The van der Waals surface area contributed by atoms with Crippen molar-refractivity contribution in [2.45, 2.75) is 18.3 Å². The molecule has 0 aliphatic carbocycles. The summed E-state index contributed by atoms with van der Waals surface area (Å²) in [4.78, 5) is 0. The molecule has 1 nitrogen and oxygen atoms in total. The third-order valence-electron chi connectivity index (χ3n) is 4.08. The van der Waals surface area contributed by atoms with Crippen LogP contribution in [0, 0.1) is 0 Å². The molecule has 0 amide bonds. The molecule has 1 aliphatic heterocycles. The molecule has 0 aromatic heterocycles. The van der Waals surface area contributed by atoms with E-state index in [-0.39, 0.29) is 0 Å². The molecule has 2 atom stereocenters. The van der Waals surface area contributed by atoms with Crippen LogP contribution in [-0.2, 0) is 0 Å². The first-order valence-corrected chi connectivity index (χ1v) is 8.13. The van der Waals surface area contributed by atoms with Crippen molar-refractivity contribution in [3.63, 3.8) is 0 Å². The molecule has 0 saturated carbocycles. The van der Waals surface area contributed by atoms with Gasteiger partial charge in [0.25, 0.3) is 0 Å². The summed E-state index contributed by atoms with van der Waals surface area (Å²) in [6.07, 6.45) is 1.15. The van der Waals surface area contributed by atoms with E-state index < -0.39 is 0 Å². The summed E-state index contributed by atoms with van der Waals surface area (Å²) in [7, 11) is 0. The van der Waals surface area contributed by atoms with Gasteiger partial charge in [-0.3, -0.25) is 0 Å². The van der Waals surface area contributed by atoms with Crippen LogP contribution in [0.1, 0.15) is 29.4 Å². The summed E-state index contributed by atoms with van der Waals surface area (Å²) < 4.78 is 1.13. The predicted molar refractivity (Wildman–Crippen MR) is 88.6 cm³/mol. The van der Waals surface area contributed by atoms with Gasteiger partial charge < -0.3 is 5.32 Å². The van der Waals surface area contributed by atoms with E-state index in [0.29, 0.717) is 11.8 Å². The van der Waals surface area contributed by atoms with E-state index in [1.54, 1.807) is 0 Å². The Morgan fingerprint density at radius 2 is 1.75 bits per heavy atom. The quantitative estimate of drug-likeness (QED) is 0.807. The number of hydrogen-bond acceptors (Lipinski definition) is 1. The van der Waals surface area contributed by atoms with Crippen LogP contribution in [0.25, 0.3) is 0 Å². The van der Waals surface area contributed by atoms with Crippen molar-refractivity contribution in [2.24, 2.45) is 0 Å². The molecule has 1 heterocycles. The first-order chi connectivity index (χ1) is 9.75. The minimum absolute atomic E-state index is 0.443. The van der Waals surface area contributed by atoms with Gasteiger partial charge in [0, 0.05) is 22.0 Å². The molecule has 20 heavy (non-hydrogen) atoms. The van der Waals surface area contributed by atoms with E-state index in [9.17, 15) is 0 Å². The minimum atomic E-state index is 0.443. The molecule has 0 spiro atoms. The van der Waals surface area contributed by atoms with E-state index in [1.807, 2.05) is 12.1 Å². The lowest BCUT2D eigenvalue weighted by Gasteiger charge is -2.33. The molecule has 0 bridgehead atoms. The SMILES string of the molecule is Clc1ccccc1C1CNCCC1c1ccc(Br)cc1. The maximum Gasteiger partial charge on any atom is 0.0441 e. The molecule has 1 N–H and O–H groups in total. The number of nitrogens with one attached hydrogen (secondary N) is 1. The highest BCUT2D eigenvalue weighted by Gasteiger charge is 2.28. The number of benzene rings is 2. The van der Waals surface area contributed by atoms with Crippen LogP contribution in [0.15, 0.2) is 53.0 Å². The van der Waals surface area contributed by atoms with Gasteiger partial charge in [-0.25, -0.2) is 0 Å². The number of piperidine rings is 1. The van der Waals surface area contributed by atoms with Crippen molar-refractivity contribution in [3.05, 3.63) is 69.2 Å². The zero-order chi connectivity index (χ0) is 13.9. The van der Waals surface area contributed by atoms with Gasteiger partial charge in [0.1, 0.15) is 0 Å². The van der Waals surface area contributed by atoms with Crippen molar-refractivity contribution in [1.29, 1.82) is 0 Å². The average molecular weight is 351 g/mol. The smallest absolute Gasteiger partial charge is 0.0441 e. The van der Waals surface area contributed by atoms with Gasteiger partial charge >= 0.3 is 0 Å². The Labute approximate surface area is 133 Å². The second-order valence-corrected chi connectivity index (χ2v) is 6.60. The van der Waals surface area contributed by atoms with Gasteiger partial charge in [-0.05, 0) is 48.2 Å². The van der Waals surface area contributed by atoms with Crippen molar-refractivity contribution in [2.75, 3.05) is 13.1 Å². The zero-order valence-electron chi connectivity index (χ0n) is 11.2. The molecule has 2 aromatic rings. The van der Waals surface area contributed by atoms with Gasteiger partial charge in [0.15, 0.2) is 0 Å². The molecule has 2 aromatic carbocycles. The monoisotopic (exact) mass is 349 g/mol. The molecule has 1 aliphatic rings. The zero-order valence-corrected chi connectivity index (χ0v) is 13.5. The highest BCUT2D eigenvalue weighted by atomic mass is 79.9. The topological polar surface area (TPSA) is 12.0 Å². The lowest BCUT2D eigenvalue weighted by molar-refractivity contribution is 0.404. The van der Waals surface area contributed by atoms with E-state index in [0.717, 1.165) is 29.0 Å². The van der Waals surface area contributed by atoms with Crippen molar-refractivity contribution < 1.29 is 0 Å². The van der Waals surface area contributed by atoms with Crippen LogP contribution in [0.3, 0.4) is 0 Å². The van der Waals surface area contributed by atoms with Crippen LogP contribution >= 0.6 is 27.5 Å². The van der Waals surface area contributed by atoms with Gasteiger partial charge in [-0.15, -0.1) is 0 Å². The van der Waals surface area contributed by atoms with E-state index in [4.69, 9.17) is 11.6 Å². The van der Waals surface area contributed by atoms with Crippen LogP contribution in [-0.4, -0.2) is 13.1 Å². The number of hydrogen-bond donors (Lipinski definition) is 1. The van der Waals surface area contributed by atoms with Gasteiger partial charge in [0.2, 0.25) is 0 Å². The largest absolute Gasteiger partial charge is 0.316 e. The highest BCUT2D eigenvalue weighted by molar-refractivity contribution is 9.10. The fourth-order valence-electron chi connectivity index (χ4n) is 3.07. The normalized spacial score (nSPS) is 22.7. The van der Waals surface area contributed by atoms with Gasteiger partial charge in [-0.1, -0.05) is 57.9 Å². The predicted octanol–water partition coefficient (Wildman–Crippen LogP) is 4.96. The van der Waals surface area contributed by atoms with Crippen molar-refractivity contribution >= 4 is 27.5 Å². The molecular weight excluding hydrogens is 334 g/mol. The molecule has 3 heteroatoms. The van der Waals surface area contributed by atoms with Gasteiger partial charge in [-0.2, -0.15) is 0 Å². The molecule has 0 radical (unpaired) electrons. The summed E-state index contributed by atoms with van der Waals surface area (Å²) in [5.41, 5.74) is 2.66. The summed E-state index contributed by atoms with van der Waals surface area (Å²) in [6, 6.07) is 16.9.